The van der Waals surface area contributed by atoms with Gasteiger partial charge in [-0.25, -0.2) is 0 Å². The second-order valence-electron chi connectivity index (χ2n) is 4.12. The lowest BCUT2D eigenvalue weighted by atomic mass is 9.91. The number of nitrogens with zero attached hydrogens (tertiary/aromatic N) is 1. The van der Waals surface area contributed by atoms with Crippen LogP contribution in [0.25, 0.3) is 0 Å². The van der Waals surface area contributed by atoms with Crippen LogP contribution in [0.15, 0.2) is 36.9 Å². The molecule has 0 aromatic heterocycles. The molecule has 80 valence electrons. The maximum atomic E-state index is 3.87. The average Bonchev–Trinajstić information content (AvgIpc) is 2.30. The van der Waals surface area contributed by atoms with Crippen molar-refractivity contribution in [2.45, 2.75) is 25.8 Å². The molecule has 1 aromatic carbocycles. The fourth-order valence-electron chi connectivity index (χ4n) is 2.52. The van der Waals surface area contributed by atoms with Crippen LogP contribution in [-0.4, -0.2) is 18.0 Å². The third-order valence-electron chi connectivity index (χ3n) is 3.32. The topological polar surface area (TPSA) is 3.24 Å². The Kier molecular flexibility index (Phi) is 3.22. The van der Waals surface area contributed by atoms with Gasteiger partial charge in [0.05, 0.1) is 0 Å². The minimum absolute atomic E-state index is 0.553. The summed E-state index contributed by atoms with van der Waals surface area (Å²) in [6.07, 6.45) is 4.29. The molecule has 0 spiro atoms. The zero-order valence-corrected chi connectivity index (χ0v) is 9.45. The molecule has 0 fully saturated rings. The first-order valence-corrected chi connectivity index (χ1v) is 5.79. The standard InChI is InChI=1S/C14H19N/c1-3-7-14-13-9-6-5-8-12(13)10-11-15(14)4-2/h3,5-6,8-9,14H,1,4,7,10-11H2,2H3. The Morgan fingerprint density at radius 3 is 3.00 bits per heavy atom. The van der Waals surface area contributed by atoms with Crippen LogP contribution in [0, 0.1) is 0 Å². The number of hydrogen-bond acceptors (Lipinski definition) is 1. The molecule has 1 heterocycles. The highest BCUT2D eigenvalue weighted by Crippen LogP contribution is 2.31. The van der Waals surface area contributed by atoms with Gasteiger partial charge in [-0.15, -0.1) is 6.58 Å². The van der Waals surface area contributed by atoms with Crippen molar-refractivity contribution in [1.29, 1.82) is 0 Å². The largest absolute Gasteiger partial charge is 0.296 e. The van der Waals surface area contributed by atoms with E-state index in [1.165, 1.54) is 24.1 Å². The first-order valence-electron chi connectivity index (χ1n) is 5.79. The number of fused-ring (bicyclic) bond motifs is 1. The molecule has 0 saturated heterocycles. The van der Waals surface area contributed by atoms with Crippen LogP contribution >= 0.6 is 0 Å². The van der Waals surface area contributed by atoms with Crippen LogP contribution in [-0.2, 0) is 6.42 Å². The van der Waals surface area contributed by atoms with E-state index >= 15 is 0 Å². The van der Waals surface area contributed by atoms with Gasteiger partial charge in [-0.3, -0.25) is 4.90 Å². The lowest BCUT2D eigenvalue weighted by Crippen LogP contribution is -2.34. The van der Waals surface area contributed by atoms with Gasteiger partial charge in [-0.1, -0.05) is 37.3 Å². The second-order valence-corrected chi connectivity index (χ2v) is 4.12. The predicted octanol–water partition coefficient (Wildman–Crippen LogP) is 3.18. The Morgan fingerprint density at radius 1 is 1.47 bits per heavy atom. The number of benzene rings is 1. The van der Waals surface area contributed by atoms with Crippen LogP contribution in [0.5, 0.6) is 0 Å². The van der Waals surface area contributed by atoms with Gasteiger partial charge in [-0.05, 0) is 30.5 Å². The Labute approximate surface area is 92.4 Å². The summed E-state index contributed by atoms with van der Waals surface area (Å²) < 4.78 is 0. The average molecular weight is 201 g/mol. The van der Waals surface area contributed by atoms with E-state index in [1.54, 1.807) is 0 Å². The Bertz CT molecular complexity index is 343. The molecule has 0 saturated carbocycles. The van der Waals surface area contributed by atoms with Crippen molar-refractivity contribution in [2.75, 3.05) is 13.1 Å². The highest BCUT2D eigenvalue weighted by atomic mass is 15.2. The zero-order chi connectivity index (χ0) is 10.7. The van der Waals surface area contributed by atoms with Gasteiger partial charge in [0.2, 0.25) is 0 Å². The summed E-state index contributed by atoms with van der Waals surface area (Å²) in [4.78, 5) is 2.55. The van der Waals surface area contributed by atoms with Gasteiger partial charge in [0, 0.05) is 12.6 Å². The third kappa shape index (κ3) is 1.98. The van der Waals surface area contributed by atoms with E-state index in [0.717, 1.165) is 13.0 Å². The van der Waals surface area contributed by atoms with Crippen molar-refractivity contribution in [3.8, 4) is 0 Å². The highest BCUT2D eigenvalue weighted by Gasteiger charge is 2.24. The van der Waals surface area contributed by atoms with Crippen LogP contribution in [0.2, 0.25) is 0 Å². The molecule has 1 aliphatic rings. The quantitative estimate of drug-likeness (QED) is 0.679. The normalized spacial score (nSPS) is 21.0. The highest BCUT2D eigenvalue weighted by molar-refractivity contribution is 5.32. The van der Waals surface area contributed by atoms with Crippen LogP contribution in [0.1, 0.15) is 30.5 Å². The summed E-state index contributed by atoms with van der Waals surface area (Å²) in [5, 5.41) is 0. The molecule has 1 nitrogen and oxygen atoms in total. The molecule has 1 atom stereocenters. The summed E-state index contributed by atoms with van der Waals surface area (Å²) in [5.74, 6) is 0. The minimum atomic E-state index is 0.553. The van der Waals surface area contributed by atoms with Gasteiger partial charge in [0.1, 0.15) is 0 Å². The molecule has 0 radical (unpaired) electrons. The van der Waals surface area contributed by atoms with E-state index < -0.39 is 0 Å². The fourth-order valence-corrected chi connectivity index (χ4v) is 2.52. The van der Waals surface area contributed by atoms with Gasteiger partial charge >= 0.3 is 0 Å². The summed E-state index contributed by atoms with van der Waals surface area (Å²) in [6.45, 7) is 8.43. The van der Waals surface area contributed by atoms with Crippen molar-refractivity contribution >= 4 is 0 Å². The van der Waals surface area contributed by atoms with E-state index in [0.29, 0.717) is 6.04 Å². The molecule has 0 aliphatic carbocycles. The van der Waals surface area contributed by atoms with Crippen molar-refractivity contribution < 1.29 is 0 Å². The minimum Gasteiger partial charge on any atom is -0.296 e. The molecule has 0 N–H and O–H groups in total. The molecule has 1 unspecified atom stereocenters. The van der Waals surface area contributed by atoms with Gasteiger partial charge in [0.15, 0.2) is 0 Å². The lowest BCUT2D eigenvalue weighted by Gasteiger charge is -2.36. The molecular formula is C14H19N. The summed E-state index contributed by atoms with van der Waals surface area (Å²) in [6, 6.07) is 9.38. The number of hydrogen-bond donors (Lipinski definition) is 0. The molecule has 15 heavy (non-hydrogen) atoms. The number of rotatable bonds is 3. The molecule has 1 aliphatic heterocycles. The van der Waals surface area contributed by atoms with E-state index in [4.69, 9.17) is 0 Å². The van der Waals surface area contributed by atoms with E-state index in [2.05, 4.69) is 42.7 Å². The van der Waals surface area contributed by atoms with Crippen LogP contribution < -0.4 is 0 Å². The zero-order valence-electron chi connectivity index (χ0n) is 9.45. The van der Waals surface area contributed by atoms with Crippen molar-refractivity contribution in [2.24, 2.45) is 0 Å². The Morgan fingerprint density at radius 2 is 2.27 bits per heavy atom. The number of likely N-dealkylation sites (N-methyl/N-ethyl adjacent to an activating group) is 1. The van der Waals surface area contributed by atoms with Crippen molar-refractivity contribution in [3.05, 3.63) is 48.0 Å². The molecule has 0 bridgehead atoms. The molecule has 1 heteroatoms. The van der Waals surface area contributed by atoms with Gasteiger partial charge in [-0.2, -0.15) is 0 Å². The fraction of sp³-hybridized carbons (Fsp3) is 0.429. The Hall–Kier alpha value is -1.08. The lowest BCUT2D eigenvalue weighted by molar-refractivity contribution is 0.196. The van der Waals surface area contributed by atoms with E-state index in [1.807, 2.05) is 6.08 Å². The van der Waals surface area contributed by atoms with Gasteiger partial charge < -0.3 is 0 Å². The van der Waals surface area contributed by atoms with Crippen molar-refractivity contribution in [1.82, 2.24) is 4.90 Å². The maximum absolute atomic E-state index is 3.87. The molecule has 1 aromatic rings. The predicted molar refractivity (Wildman–Crippen MR) is 64.9 cm³/mol. The van der Waals surface area contributed by atoms with E-state index in [9.17, 15) is 0 Å². The summed E-state index contributed by atoms with van der Waals surface area (Å²) in [5.41, 5.74) is 3.03. The van der Waals surface area contributed by atoms with E-state index in [-0.39, 0.29) is 0 Å². The Balaban J connectivity index is 2.33. The molecule has 2 rings (SSSR count). The monoisotopic (exact) mass is 201 g/mol. The van der Waals surface area contributed by atoms with Crippen LogP contribution in [0.4, 0.5) is 0 Å². The van der Waals surface area contributed by atoms with Gasteiger partial charge in [0.25, 0.3) is 0 Å². The first kappa shape index (κ1) is 10.4. The second kappa shape index (κ2) is 4.63. The first-order chi connectivity index (χ1) is 7.36. The third-order valence-corrected chi connectivity index (χ3v) is 3.32. The van der Waals surface area contributed by atoms with Crippen molar-refractivity contribution in [3.63, 3.8) is 0 Å². The van der Waals surface area contributed by atoms with Crippen LogP contribution in [0.3, 0.4) is 0 Å². The molecule has 0 amide bonds. The summed E-state index contributed by atoms with van der Waals surface area (Å²) >= 11 is 0. The SMILES string of the molecule is C=CCC1c2ccccc2CCN1CC. The maximum Gasteiger partial charge on any atom is 0.0385 e. The summed E-state index contributed by atoms with van der Waals surface area (Å²) in [7, 11) is 0. The molecular weight excluding hydrogens is 182 g/mol. The smallest absolute Gasteiger partial charge is 0.0385 e.